The third kappa shape index (κ3) is 5.68. The number of alkyl halides is 1. The summed E-state index contributed by atoms with van der Waals surface area (Å²) in [4.78, 5) is 27.6. The summed E-state index contributed by atoms with van der Waals surface area (Å²) in [5.74, 6) is 0.572. The SMILES string of the molecule is CC.CC.CCCC(=O)c1ccc2[nH]c3c(c2c1)CC=C(C(=O)CCCl)C=C3. The van der Waals surface area contributed by atoms with Crippen LogP contribution >= 0.6 is 11.6 Å². The van der Waals surface area contributed by atoms with E-state index in [9.17, 15) is 9.59 Å². The molecule has 3 rings (SSSR count). The first-order valence-electron chi connectivity index (χ1n) is 10.3. The standard InChI is InChI=1S/C20H20ClNO2.2C2H6/c1-2-3-19(23)14-6-9-18-16(12-14)15-7-4-13(20(24)10-11-21)5-8-17(15)22-18;2*1-2/h4-6,8-9,12,22H,2-3,7,10-11H2,1H3;2*1-2H3. The number of hydrogen-bond acceptors (Lipinski definition) is 2. The lowest BCUT2D eigenvalue weighted by atomic mass is 10.0. The zero-order chi connectivity index (χ0) is 21.1. The van der Waals surface area contributed by atoms with Crippen molar-refractivity contribution < 1.29 is 9.59 Å². The minimum absolute atomic E-state index is 0.0644. The number of H-pyrrole nitrogens is 1. The Kier molecular flexibility index (Phi) is 10.5. The van der Waals surface area contributed by atoms with Crippen LogP contribution in [0.1, 0.15) is 75.5 Å². The van der Waals surface area contributed by atoms with Gasteiger partial charge in [-0.1, -0.05) is 40.7 Å². The van der Waals surface area contributed by atoms with Gasteiger partial charge in [-0.2, -0.15) is 0 Å². The molecule has 0 amide bonds. The summed E-state index contributed by atoms with van der Waals surface area (Å²) < 4.78 is 0. The molecule has 1 aromatic carbocycles. The highest BCUT2D eigenvalue weighted by atomic mass is 35.5. The van der Waals surface area contributed by atoms with Crippen molar-refractivity contribution in [2.45, 2.75) is 60.3 Å². The van der Waals surface area contributed by atoms with E-state index in [0.717, 1.165) is 34.1 Å². The summed E-state index contributed by atoms with van der Waals surface area (Å²) in [6, 6.07) is 5.81. The number of fused-ring (bicyclic) bond motifs is 3. The Labute approximate surface area is 173 Å². The fraction of sp³-hybridized carbons (Fsp3) is 0.417. The number of rotatable bonds is 6. The molecule has 0 spiro atoms. The van der Waals surface area contributed by atoms with Gasteiger partial charge in [0.25, 0.3) is 0 Å². The lowest BCUT2D eigenvalue weighted by Gasteiger charge is -2.02. The summed E-state index contributed by atoms with van der Waals surface area (Å²) in [5, 5.41) is 1.05. The Morgan fingerprint density at radius 1 is 1.04 bits per heavy atom. The Morgan fingerprint density at radius 3 is 2.39 bits per heavy atom. The third-order valence-corrected chi connectivity index (χ3v) is 4.53. The molecule has 3 nitrogen and oxygen atoms in total. The minimum atomic E-state index is 0.0644. The predicted octanol–water partition coefficient (Wildman–Crippen LogP) is 6.90. The fourth-order valence-corrected chi connectivity index (χ4v) is 3.24. The number of aromatic nitrogens is 1. The van der Waals surface area contributed by atoms with Gasteiger partial charge in [-0.3, -0.25) is 9.59 Å². The van der Waals surface area contributed by atoms with Crippen LogP contribution in [0.5, 0.6) is 0 Å². The number of nitrogens with one attached hydrogen (secondary N) is 1. The lowest BCUT2D eigenvalue weighted by Crippen LogP contribution is -2.01. The maximum atomic E-state index is 12.2. The Hall–Kier alpha value is -2.13. The third-order valence-electron chi connectivity index (χ3n) is 4.34. The van der Waals surface area contributed by atoms with Gasteiger partial charge in [0, 0.05) is 46.5 Å². The highest BCUT2D eigenvalue weighted by Crippen LogP contribution is 2.28. The van der Waals surface area contributed by atoms with Gasteiger partial charge in [-0.05, 0) is 48.8 Å². The monoisotopic (exact) mass is 401 g/mol. The zero-order valence-electron chi connectivity index (χ0n) is 17.7. The van der Waals surface area contributed by atoms with Gasteiger partial charge < -0.3 is 4.98 Å². The molecule has 0 aliphatic heterocycles. The van der Waals surface area contributed by atoms with Crippen LogP contribution in [0, 0.1) is 0 Å². The molecule has 0 saturated heterocycles. The quantitative estimate of drug-likeness (QED) is 0.422. The topological polar surface area (TPSA) is 49.9 Å². The number of hydrogen-bond donors (Lipinski definition) is 1. The van der Waals surface area contributed by atoms with Gasteiger partial charge in [0.2, 0.25) is 0 Å². The van der Waals surface area contributed by atoms with Crippen molar-refractivity contribution in [3.8, 4) is 0 Å². The molecule has 0 bridgehead atoms. The summed E-state index contributed by atoms with van der Waals surface area (Å²) >= 11 is 5.67. The van der Waals surface area contributed by atoms with Crippen LogP contribution < -0.4 is 0 Å². The average Bonchev–Trinajstić information content (AvgIpc) is 2.94. The Morgan fingerprint density at radius 2 is 1.75 bits per heavy atom. The molecule has 1 aliphatic rings. The van der Waals surface area contributed by atoms with Crippen molar-refractivity contribution in [2.75, 3.05) is 5.88 Å². The molecule has 0 fully saturated rings. The molecule has 2 aromatic rings. The minimum Gasteiger partial charge on any atom is -0.355 e. The Bertz CT molecular complexity index is 859. The van der Waals surface area contributed by atoms with E-state index < -0.39 is 0 Å². The van der Waals surface area contributed by atoms with Crippen molar-refractivity contribution >= 4 is 40.1 Å². The van der Waals surface area contributed by atoms with E-state index >= 15 is 0 Å². The van der Waals surface area contributed by atoms with E-state index in [1.807, 2.05) is 71.0 Å². The molecule has 0 atom stereocenters. The fourth-order valence-electron chi connectivity index (χ4n) is 3.07. The van der Waals surface area contributed by atoms with Gasteiger partial charge >= 0.3 is 0 Å². The molecule has 1 aliphatic carbocycles. The van der Waals surface area contributed by atoms with Gasteiger partial charge in [-0.15, -0.1) is 11.6 Å². The van der Waals surface area contributed by atoms with E-state index in [0.29, 0.717) is 30.7 Å². The number of aromatic amines is 1. The lowest BCUT2D eigenvalue weighted by molar-refractivity contribution is -0.114. The zero-order valence-corrected chi connectivity index (χ0v) is 18.5. The second-order valence-electron chi connectivity index (χ2n) is 6.01. The first-order chi connectivity index (χ1) is 13.6. The number of allylic oxidation sites excluding steroid dienone is 3. The normalized spacial score (nSPS) is 12.0. The van der Waals surface area contributed by atoms with Crippen LogP contribution in [0.3, 0.4) is 0 Å². The van der Waals surface area contributed by atoms with Crippen molar-refractivity contribution in [3.05, 3.63) is 52.7 Å². The highest BCUT2D eigenvalue weighted by molar-refractivity contribution is 6.19. The van der Waals surface area contributed by atoms with Gasteiger partial charge in [0.05, 0.1) is 0 Å². The largest absolute Gasteiger partial charge is 0.355 e. The maximum Gasteiger partial charge on any atom is 0.163 e. The van der Waals surface area contributed by atoms with Crippen molar-refractivity contribution in [2.24, 2.45) is 0 Å². The molecule has 0 radical (unpaired) electrons. The summed E-state index contributed by atoms with van der Waals surface area (Å²) in [5.41, 5.74) is 4.59. The second kappa shape index (κ2) is 12.4. The van der Waals surface area contributed by atoms with Crippen molar-refractivity contribution in [3.63, 3.8) is 0 Å². The molecule has 4 heteroatoms. The molecule has 1 heterocycles. The highest BCUT2D eigenvalue weighted by Gasteiger charge is 2.15. The van der Waals surface area contributed by atoms with Crippen molar-refractivity contribution in [1.29, 1.82) is 0 Å². The van der Waals surface area contributed by atoms with E-state index in [1.165, 1.54) is 0 Å². The van der Waals surface area contributed by atoms with E-state index in [-0.39, 0.29) is 11.6 Å². The number of benzene rings is 1. The molecule has 1 aromatic heterocycles. The molecular weight excluding hydrogens is 370 g/mol. The molecule has 28 heavy (non-hydrogen) atoms. The van der Waals surface area contributed by atoms with Gasteiger partial charge in [0.15, 0.2) is 11.6 Å². The van der Waals surface area contributed by atoms with Crippen LogP contribution in [0.15, 0.2) is 35.9 Å². The van der Waals surface area contributed by atoms with Gasteiger partial charge in [0.1, 0.15) is 0 Å². The number of carbonyl (C=O) groups excluding carboxylic acids is 2. The van der Waals surface area contributed by atoms with Crippen LogP contribution in [0.25, 0.3) is 17.0 Å². The van der Waals surface area contributed by atoms with Crippen LogP contribution in [-0.2, 0) is 11.2 Å². The average molecular weight is 402 g/mol. The number of Topliss-reactive ketones (excluding diaryl/α,β-unsaturated/α-hetero) is 2. The van der Waals surface area contributed by atoms with E-state index in [4.69, 9.17) is 11.6 Å². The van der Waals surface area contributed by atoms with E-state index in [1.54, 1.807) is 0 Å². The Balaban J connectivity index is 0.000000921. The number of carbonyl (C=O) groups is 2. The van der Waals surface area contributed by atoms with Crippen molar-refractivity contribution in [1.82, 2.24) is 4.98 Å². The van der Waals surface area contributed by atoms with Crippen LogP contribution in [-0.4, -0.2) is 22.4 Å². The first-order valence-corrected chi connectivity index (χ1v) is 10.8. The number of halogens is 1. The van der Waals surface area contributed by atoms with Gasteiger partial charge in [-0.25, -0.2) is 0 Å². The molecular formula is C24H32ClNO2. The van der Waals surface area contributed by atoms with Crippen LogP contribution in [0.2, 0.25) is 0 Å². The summed E-state index contributed by atoms with van der Waals surface area (Å²) in [7, 11) is 0. The predicted molar refractivity (Wildman–Crippen MR) is 121 cm³/mol. The van der Waals surface area contributed by atoms with E-state index in [2.05, 4.69) is 4.98 Å². The van der Waals surface area contributed by atoms with Crippen LogP contribution in [0.4, 0.5) is 0 Å². The maximum absolute atomic E-state index is 12.2. The molecule has 0 saturated carbocycles. The molecule has 1 N–H and O–H groups in total. The summed E-state index contributed by atoms with van der Waals surface area (Å²) in [6.45, 7) is 10.0. The molecule has 0 unspecified atom stereocenters. The molecule has 152 valence electrons. The summed E-state index contributed by atoms with van der Waals surface area (Å²) in [6.07, 6.45) is 8.16. The smallest absolute Gasteiger partial charge is 0.163 e. The number of ketones is 2. The first kappa shape index (κ1) is 23.9. The second-order valence-corrected chi connectivity index (χ2v) is 6.39.